The van der Waals surface area contributed by atoms with Crippen LogP contribution in [0.3, 0.4) is 0 Å². The van der Waals surface area contributed by atoms with E-state index < -0.39 is 0 Å². The van der Waals surface area contributed by atoms with Gasteiger partial charge in [0.1, 0.15) is 6.04 Å². The molecule has 5 rings (SSSR count). The van der Waals surface area contributed by atoms with Gasteiger partial charge >= 0.3 is 0 Å². The van der Waals surface area contributed by atoms with Crippen LogP contribution in [0.25, 0.3) is 0 Å². The lowest BCUT2D eigenvalue weighted by Gasteiger charge is -2.40. The molecule has 1 aliphatic carbocycles. The molecule has 7 nitrogen and oxygen atoms in total. The number of benzene rings is 1. The third-order valence-electron chi connectivity index (χ3n) is 6.14. The van der Waals surface area contributed by atoms with E-state index in [-0.39, 0.29) is 17.9 Å². The molecule has 2 fully saturated rings. The highest BCUT2D eigenvalue weighted by Gasteiger charge is 2.39. The number of rotatable bonds is 4. The maximum atomic E-state index is 12.8. The number of anilines is 4. The van der Waals surface area contributed by atoms with Crippen LogP contribution in [0, 0.1) is 5.92 Å². The summed E-state index contributed by atoms with van der Waals surface area (Å²) in [4.78, 5) is 34.2. The predicted molar refractivity (Wildman–Crippen MR) is 118 cm³/mol. The molecular weight excluding hydrogens is 402 g/mol. The average Bonchev–Trinajstić information content (AvgIpc) is 3.49. The SMILES string of the molecule is CC1C(=O)N(C)c2ccc(N3C(=O)CCN3c3ccc(Cl)cc3)nc2N1CC1CC1. The van der Waals surface area contributed by atoms with Crippen LogP contribution in [-0.2, 0) is 9.59 Å². The van der Waals surface area contributed by atoms with Gasteiger partial charge in [-0.25, -0.2) is 9.99 Å². The highest BCUT2D eigenvalue weighted by molar-refractivity contribution is 6.30. The largest absolute Gasteiger partial charge is 0.343 e. The molecule has 156 valence electrons. The number of hydrazine groups is 1. The minimum absolute atomic E-state index is 0.000526. The van der Waals surface area contributed by atoms with Crippen molar-refractivity contribution in [2.45, 2.75) is 32.2 Å². The van der Waals surface area contributed by atoms with Crippen LogP contribution in [0.2, 0.25) is 5.02 Å². The third-order valence-corrected chi connectivity index (χ3v) is 6.39. The fourth-order valence-electron chi connectivity index (χ4n) is 4.21. The Bertz CT molecular complexity index is 1010. The van der Waals surface area contributed by atoms with Crippen molar-refractivity contribution in [2.24, 2.45) is 5.92 Å². The van der Waals surface area contributed by atoms with Gasteiger partial charge in [-0.2, -0.15) is 0 Å². The van der Waals surface area contributed by atoms with E-state index in [0.717, 1.165) is 23.7 Å². The zero-order valence-corrected chi connectivity index (χ0v) is 17.8. The lowest BCUT2D eigenvalue weighted by Crippen LogP contribution is -2.52. The molecule has 1 unspecified atom stereocenters. The van der Waals surface area contributed by atoms with Gasteiger partial charge in [0.2, 0.25) is 11.8 Å². The molecule has 1 aromatic carbocycles. The topological polar surface area (TPSA) is 60.0 Å². The molecule has 1 aromatic heterocycles. The van der Waals surface area contributed by atoms with Crippen LogP contribution < -0.4 is 19.8 Å². The molecule has 30 heavy (non-hydrogen) atoms. The summed E-state index contributed by atoms with van der Waals surface area (Å²) in [6, 6.07) is 10.9. The van der Waals surface area contributed by atoms with Gasteiger partial charge in [0.05, 0.1) is 11.4 Å². The Labute approximate surface area is 180 Å². The number of nitrogens with zero attached hydrogens (tertiary/aromatic N) is 5. The molecule has 0 bridgehead atoms. The summed E-state index contributed by atoms with van der Waals surface area (Å²) >= 11 is 6.03. The van der Waals surface area contributed by atoms with Crippen molar-refractivity contribution >= 4 is 46.4 Å². The first-order valence-electron chi connectivity index (χ1n) is 10.4. The number of aromatic nitrogens is 1. The van der Waals surface area contributed by atoms with Gasteiger partial charge < -0.3 is 9.80 Å². The van der Waals surface area contributed by atoms with Crippen molar-refractivity contribution in [2.75, 3.05) is 40.0 Å². The summed E-state index contributed by atoms with van der Waals surface area (Å²) in [6.45, 7) is 3.33. The maximum Gasteiger partial charge on any atom is 0.249 e. The van der Waals surface area contributed by atoms with Gasteiger partial charge in [-0.15, -0.1) is 0 Å². The number of amides is 2. The van der Waals surface area contributed by atoms with E-state index in [1.54, 1.807) is 17.0 Å². The Hall–Kier alpha value is -2.80. The highest BCUT2D eigenvalue weighted by atomic mass is 35.5. The second-order valence-electron chi connectivity index (χ2n) is 8.24. The summed E-state index contributed by atoms with van der Waals surface area (Å²) in [7, 11) is 1.79. The summed E-state index contributed by atoms with van der Waals surface area (Å²) in [5.74, 6) is 2.02. The molecule has 3 heterocycles. The number of hydrogen-bond donors (Lipinski definition) is 0. The van der Waals surface area contributed by atoms with Crippen LogP contribution >= 0.6 is 11.6 Å². The second kappa shape index (κ2) is 7.16. The fraction of sp³-hybridized carbons (Fsp3) is 0.409. The Balaban J connectivity index is 1.54. The predicted octanol–water partition coefficient (Wildman–Crippen LogP) is 3.47. The number of carbonyl (C=O) groups is 2. The zero-order valence-electron chi connectivity index (χ0n) is 17.1. The molecule has 1 atom stereocenters. The van der Waals surface area contributed by atoms with Crippen LogP contribution in [0.4, 0.5) is 23.0 Å². The number of likely N-dealkylation sites (N-methyl/N-ethyl adjacent to an activating group) is 1. The lowest BCUT2D eigenvalue weighted by molar-refractivity contribution is -0.119. The minimum Gasteiger partial charge on any atom is -0.343 e. The first kappa shape index (κ1) is 19.2. The molecular formula is C22H24ClN5O2. The average molecular weight is 426 g/mol. The number of hydrogen-bond acceptors (Lipinski definition) is 5. The van der Waals surface area contributed by atoms with E-state index >= 15 is 0 Å². The quantitative estimate of drug-likeness (QED) is 0.750. The van der Waals surface area contributed by atoms with Crippen LogP contribution in [0.15, 0.2) is 36.4 Å². The first-order chi connectivity index (χ1) is 14.4. The van der Waals surface area contributed by atoms with Crippen molar-refractivity contribution in [3.05, 3.63) is 41.4 Å². The summed E-state index contributed by atoms with van der Waals surface area (Å²) < 4.78 is 0. The van der Waals surface area contributed by atoms with Crippen LogP contribution in [0.5, 0.6) is 0 Å². The molecule has 3 aliphatic rings. The van der Waals surface area contributed by atoms with Crippen molar-refractivity contribution in [1.29, 1.82) is 0 Å². The van der Waals surface area contributed by atoms with Gasteiger partial charge in [-0.1, -0.05) is 11.6 Å². The Kier molecular flexibility index (Phi) is 4.58. The van der Waals surface area contributed by atoms with E-state index in [1.165, 1.54) is 12.8 Å². The lowest BCUT2D eigenvalue weighted by atomic mass is 10.1. The van der Waals surface area contributed by atoms with Gasteiger partial charge in [-0.3, -0.25) is 14.6 Å². The van der Waals surface area contributed by atoms with E-state index in [4.69, 9.17) is 16.6 Å². The molecule has 0 spiro atoms. The molecule has 1 saturated heterocycles. The van der Waals surface area contributed by atoms with Crippen molar-refractivity contribution in [1.82, 2.24) is 4.98 Å². The van der Waals surface area contributed by atoms with Crippen molar-refractivity contribution in [3.8, 4) is 0 Å². The monoisotopic (exact) mass is 425 g/mol. The minimum atomic E-state index is -0.271. The Morgan fingerprint density at radius 1 is 1.10 bits per heavy atom. The summed E-state index contributed by atoms with van der Waals surface area (Å²) in [6.07, 6.45) is 2.80. The molecule has 1 saturated carbocycles. The standard InChI is InChI=1S/C22H24ClN5O2/c1-14-22(30)25(2)18-9-10-19(24-21(18)26(14)13-15-3-4-15)28-20(29)11-12-27(28)17-7-5-16(23)6-8-17/h5-10,14-15H,3-4,11-13H2,1-2H3. The normalized spacial score (nSPS) is 21.5. The first-order valence-corrected chi connectivity index (χ1v) is 10.7. The number of halogens is 1. The van der Waals surface area contributed by atoms with Crippen molar-refractivity contribution in [3.63, 3.8) is 0 Å². The van der Waals surface area contributed by atoms with E-state index in [0.29, 0.717) is 29.7 Å². The van der Waals surface area contributed by atoms with E-state index in [2.05, 4.69) is 4.90 Å². The van der Waals surface area contributed by atoms with E-state index in [9.17, 15) is 9.59 Å². The summed E-state index contributed by atoms with van der Waals surface area (Å²) in [5.41, 5.74) is 1.67. The molecule has 8 heteroatoms. The van der Waals surface area contributed by atoms with Gasteiger partial charge in [-0.05, 0) is 62.1 Å². The smallest absolute Gasteiger partial charge is 0.249 e. The fourth-order valence-corrected chi connectivity index (χ4v) is 4.34. The number of carbonyl (C=O) groups excluding carboxylic acids is 2. The van der Waals surface area contributed by atoms with E-state index in [1.807, 2.05) is 48.3 Å². The van der Waals surface area contributed by atoms with Gasteiger partial charge in [0, 0.05) is 31.6 Å². The number of pyridine rings is 1. The van der Waals surface area contributed by atoms with Crippen molar-refractivity contribution < 1.29 is 9.59 Å². The number of fused-ring (bicyclic) bond motifs is 1. The maximum absolute atomic E-state index is 12.8. The summed E-state index contributed by atoms with van der Waals surface area (Å²) in [5, 5.41) is 4.22. The Morgan fingerprint density at radius 3 is 2.53 bits per heavy atom. The Morgan fingerprint density at radius 2 is 1.83 bits per heavy atom. The molecule has 2 aliphatic heterocycles. The van der Waals surface area contributed by atoms with Gasteiger partial charge in [0.15, 0.2) is 11.6 Å². The molecule has 2 aromatic rings. The second-order valence-corrected chi connectivity index (χ2v) is 8.67. The molecule has 0 radical (unpaired) electrons. The molecule has 0 N–H and O–H groups in total. The third kappa shape index (κ3) is 3.17. The molecule has 2 amide bonds. The van der Waals surface area contributed by atoms with Gasteiger partial charge in [0.25, 0.3) is 0 Å². The highest BCUT2D eigenvalue weighted by Crippen LogP contribution is 2.40. The van der Waals surface area contributed by atoms with Crippen LogP contribution in [0.1, 0.15) is 26.2 Å². The zero-order chi connectivity index (χ0) is 21.0. The van der Waals surface area contributed by atoms with Crippen LogP contribution in [-0.4, -0.2) is 43.0 Å².